The zero-order chi connectivity index (χ0) is 19.7. The highest BCUT2D eigenvalue weighted by Crippen LogP contribution is 2.31. The summed E-state index contributed by atoms with van der Waals surface area (Å²) in [5, 5.41) is 8.39. The van der Waals surface area contributed by atoms with E-state index in [0.29, 0.717) is 12.1 Å². The van der Waals surface area contributed by atoms with Crippen molar-refractivity contribution < 1.29 is 4.79 Å². The van der Waals surface area contributed by atoms with Gasteiger partial charge in [-0.15, -0.1) is 0 Å². The summed E-state index contributed by atoms with van der Waals surface area (Å²) in [6, 6.07) is 1.88. The van der Waals surface area contributed by atoms with Gasteiger partial charge in [0.15, 0.2) is 5.65 Å². The predicted octanol–water partition coefficient (Wildman–Crippen LogP) is 1.96. The number of pyridine rings is 1. The first-order chi connectivity index (χ1) is 13.5. The van der Waals surface area contributed by atoms with E-state index in [1.54, 1.807) is 10.9 Å². The minimum atomic E-state index is -0.0150. The third-order valence-corrected chi connectivity index (χ3v) is 6.60. The minimum absolute atomic E-state index is 0.0150. The van der Waals surface area contributed by atoms with Gasteiger partial charge in [0.1, 0.15) is 0 Å². The second-order valence-corrected chi connectivity index (χ2v) is 8.57. The average molecular weight is 385 g/mol. The van der Waals surface area contributed by atoms with Gasteiger partial charge in [-0.2, -0.15) is 5.10 Å². The summed E-state index contributed by atoms with van der Waals surface area (Å²) in [6.45, 7) is 7.13. The molecule has 0 unspecified atom stereocenters. The van der Waals surface area contributed by atoms with E-state index in [9.17, 15) is 4.79 Å². The van der Waals surface area contributed by atoms with Crippen LogP contribution in [0, 0.1) is 6.92 Å². The number of likely N-dealkylation sites (tertiary alicyclic amines) is 2. The third kappa shape index (κ3) is 3.65. The largest absolute Gasteiger partial charge is 0.350 e. The molecular weight excluding hydrogens is 352 g/mol. The molecular formula is C21H32N6O. The number of hydrogen-bond acceptors (Lipinski definition) is 5. The summed E-state index contributed by atoms with van der Waals surface area (Å²) in [5.41, 5.74) is 2.36. The highest BCUT2D eigenvalue weighted by atomic mass is 16.1. The molecule has 0 bridgehead atoms. The molecule has 0 spiro atoms. The van der Waals surface area contributed by atoms with Crippen molar-refractivity contribution >= 4 is 16.9 Å². The normalized spacial score (nSPS) is 21.1. The van der Waals surface area contributed by atoms with Crippen molar-refractivity contribution in [2.75, 3.05) is 39.8 Å². The van der Waals surface area contributed by atoms with Gasteiger partial charge in [0.05, 0.1) is 17.1 Å². The number of nitrogens with one attached hydrogen (secondary N) is 1. The molecule has 1 amide bonds. The Bertz CT molecular complexity index is 846. The topological polar surface area (TPSA) is 66.3 Å². The Hall–Kier alpha value is -1.99. The van der Waals surface area contributed by atoms with Crippen LogP contribution in [0.1, 0.15) is 48.2 Å². The quantitative estimate of drug-likeness (QED) is 0.873. The molecule has 152 valence electrons. The Kier molecular flexibility index (Phi) is 5.38. The predicted molar refractivity (Wildman–Crippen MR) is 110 cm³/mol. The smallest absolute Gasteiger partial charge is 0.252 e. The van der Waals surface area contributed by atoms with Crippen molar-refractivity contribution in [2.24, 2.45) is 7.05 Å². The number of piperidine rings is 2. The first kappa shape index (κ1) is 19.3. The fourth-order valence-corrected chi connectivity index (χ4v) is 4.78. The Balaban J connectivity index is 1.55. The van der Waals surface area contributed by atoms with Crippen molar-refractivity contribution in [1.82, 2.24) is 29.9 Å². The van der Waals surface area contributed by atoms with Crippen molar-refractivity contribution in [3.05, 3.63) is 23.5 Å². The molecule has 7 heteroatoms. The Morgan fingerprint density at radius 3 is 2.57 bits per heavy atom. The number of aryl methyl sites for hydroxylation is 2. The molecule has 2 aromatic heterocycles. The maximum absolute atomic E-state index is 13.1. The van der Waals surface area contributed by atoms with Crippen molar-refractivity contribution in [2.45, 2.75) is 44.6 Å². The second-order valence-electron chi connectivity index (χ2n) is 8.57. The Labute approximate surface area is 167 Å². The number of nitrogens with zero attached hydrogens (tertiary/aromatic N) is 5. The van der Waals surface area contributed by atoms with Crippen LogP contribution in [-0.2, 0) is 7.05 Å². The fraction of sp³-hybridized carbons (Fsp3) is 0.667. The number of rotatable bonds is 4. The summed E-state index contributed by atoms with van der Waals surface area (Å²) in [7, 11) is 4.05. The molecule has 2 aliphatic rings. The lowest BCUT2D eigenvalue weighted by Crippen LogP contribution is -2.61. The number of aromatic nitrogens is 3. The highest BCUT2D eigenvalue weighted by molar-refractivity contribution is 6.05. The van der Waals surface area contributed by atoms with E-state index in [1.165, 1.54) is 19.3 Å². The van der Waals surface area contributed by atoms with E-state index in [1.807, 2.05) is 20.0 Å². The maximum Gasteiger partial charge on any atom is 0.252 e. The SMILES string of the molecule is Cc1cc(C(=O)NCC2(N3CCCCC3)CCN(C)CC2)c2cnn(C)c2n1. The molecule has 4 heterocycles. The van der Waals surface area contributed by atoms with Crippen LogP contribution in [0.25, 0.3) is 11.0 Å². The van der Waals surface area contributed by atoms with Gasteiger partial charge in [-0.25, -0.2) is 4.98 Å². The van der Waals surface area contributed by atoms with Crippen molar-refractivity contribution in [1.29, 1.82) is 0 Å². The third-order valence-electron chi connectivity index (χ3n) is 6.60. The number of carbonyl (C=O) groups is 1. The van der Waals surface area contributed by atoms with Gasteiger partial charge in [0.2, 0.25) is 0 Å². The van der Waals surface area contributed by atoms with Crippen LogP contribution in [-0.4, -0.2) is 75.8 Å². The molecule has 2 fully saturated rings. The summed E-state index contributed by atoms with van der Waals surface area (Å²) in [5.74, 6) is -0.0150. The van der Waals surface area contributed by atoms with Gasteiger partial charge < -0.3 is 10.2 Å². The number of fused-ring (bicyclic) bond motifs is 1. The van der Waals surface area contributed by atoms with E-state index in [-0.39, 0.29) is 11.4 Å². The maximum atomic E-state index is 13.1. The number of amides is 1. The van der Waals surface area contributed by atoms with Gasteiger partial charge in [0.25, 0.3) is 5.91 Å². The van der Waals surface area contributed by atoms with Gasteiger partial charge in [0, 0.05) is 24.8 Å². The molecule has 28 heavy (non-hydrogen) atoms. The van der Waals surface area contributed by atoms with E-state index < -0.39 is 0 Å². The second kappa shape index (κ2) is 7.79. The van der Waals surface area contributed by atoms with E-state index in [2.05, 4.69) is 32.2 Å². The van der Waals surface area contributed by atoms with Crippen LogP contribution in [0.15, 0.2) is 12.3 Å². The van der Waals surface area contributed by atoms with Gasteiger partial charge >= 0.3 is 0 Å². The van der Waals surface area contributed by atoms with Gasteiger partial charge in [-0.05, 0) is 71.9 Å². The Morgan fingerprint density at radius 1 is 1.14 bits per heavy atom. The lowest BCUT2D eigenvalue weighted by Gasteiger charge is -2.50. The van der Waals surface area contributed by atoms with Crippen LogP contribution < -0.4 is 5.32 Å². The molecule has 4 rings (SSSR count). The summed E-state index contributed by atoms with van der Waals surface area (Å²) in [6.07, 6.45) is 7.83. The molecule has 0 aromatic carbocycles. The van der Waals surface area contributed by atoms with Crippen LogP contribution in [0.2, 0.25) is 0 Å². The fourth-order valence-electron chi connectivity index (χ4n) is 4.78. The zero-order valence-electron chi connectivity index (χ0n) is 17.4. The highest BCUT2D eigenvalue weighted by Gasteiger charge is 2.40. The van der Waals surface area contributed by atoms with E-state index >= 15 is 0 Å². The summed E-state index contributed by atoms with van der Waals surface area (Å²) < 4.78 is 1.73. The standard InChI is InChI=1S/C21H32N6O/c1-16-13-17(18-14-23-26(3)19(18)24-16)20(28)22-15-21(7-11-25(2)12-8-21)27-9-5-4-6-10-27/h13-14H,4-12,15H2,1-3H3,(H,22,28). The van der Waals surface area contributed by atoms with Crippen molar-refractivity contribution in [3.8, 4) is 0 Å². The average Bonchev–Trinajstić information content (AvgIpc) is 3.08. The number of carbonyl (C=O) groups excluding carboxylic acids is 1. The lowest BCUT2D eigenvalue weighted by molar-refractivity contribution is 0.0145. The van der Waals surface area contributed by atoms with E-state index in [0.717, 1.165) is 55.7 Å². The molecule has 0 saturated carbocycles. The molecule has 2 aromatic rings. The van der Waals surface area contributed by atoms with Crippen molar-refractivity contribution in [3.63, 3.8) is 0 Å². The molecule has 0 radical (unpaired) electrons. The molecule has 1 N–H and O–H groups in total. The van der Waals surface area contributed by atoms with Crippen LogP contribution in [0.3, 0.4) is 0 Å². The first-order valence-corrected chi connectivity index (χ1v) is 10.5. The van der Waals surface area contributed by atoms with Gasteiger partial charge in [-0.3, -0.25) is 14.4 Å². The molecule has 7 nitrogen and oxygen atoms in total. The summed E-state index contributed by atoms with van der Waals surface area (Å²) >= 11 is 0. The molecule has 0 aliphatic carbocycles. The summed E-state index contributed by atoms with van der Waals surface area (Å²) in [4.78, 5) is 22.7. The monoisotopic (exact) mass is 384 g/mol. The van der Waals surface area contributed by atoms with Crippen LogP contribution in [0.5, 0.6) is 0 Å². The molecule has 2 aliphatic heterocycles. The minimum Gasteiger partial charge on any atom is -0.350 e. The molecule has 2 saturated heterocycles. The Morgan fingerprint density at radius 2 is 1.86 bits per heavy atom. The van der Waals surface area contributed by atoms with E-state index in [4.69, 9.17) is 0 Å². The van der Waals surface area contributed by atoms with Crippen LogP contribution >= 0.6 is 0 Å². The lowest BCUT2D eigenvalue weighted by atomic mass is 9.84. The first-order valence-electron chi connectivity index (χ1n) is 10.5. The molecule has 0 atom stereocenters. The van der Waals surface area contributed by atoms with Crippen LogP contribution in [0.4, 0.5) is 0 Å². The zero-order valence-corrected chi connectivity index (χ0v) is 17.4. The van der Waals surface area contributed by atoms with Gasteiger partial charge in [-0.1, -0.05) is 6.42 Å². The number of hydrogen-bond donors (Lipinski definition) is 1.